The standard InChI is InChI=1S/C15H23N3O2/c1-15(2,3)20-11-13(19)17-12-7-6-8-16-14(12)18-9-4-5-10-18/h6-8H,4-5,9-11H2,1-3H3,(H,17,19). The highest BCUT2D eigenvalue weighted by molar-refractivity contribution is 5.94. The molecule has 1 fully saturated rings. The van der Waals surface area contributed by atoms with Crippen LogP contribution >= 0.6 is 0 Å². The Labute approximate surface area is 120 Å². The van der Waals surface area contributed by atoms with Crippen LogP contribution in [0.3, 0.4) is 0 Å². The van der Waals surface area contributed by atoms with Crippen molar-refractivity contribution in [1.82, 2.24) is 4.98 Å². The molecule has 20 heavy (non-hydrogen) atoms. The number of hydrogen-bond donors (Lipinski definition) is 1. The summed E-state index contributed by atoms with van der Waals surface area (Å²) in [5.41, 5.74) is 0.446. The van der Waals surface area contributed by atoms with Crippen LogP contribution in [0, 0.1) is 0 Å². The number of amides is 1. The summed E-state index contributed by atoms with van der Waals surface area (Å²) >= 11 is 0. The molecule has 2 rings (SSSR count). The quantitative estimate of drug-likeness (QED) is 0.918. The third-order valence-electron chi connectivity index (χ3n) is 3.10. The number of ether oxygens (including phenoxy) is 1. The zero-order valence-corrected chi connectivity index (χ0v) is 12.5. The number of pyridine rings is 1. The average Bonchev–Trinajstić information content (AvgIpc) is 2.90. The maximum atomic E-state index is 11.9. The summed E-state index contributed by atoms with van der Waals surface area (Å²) < 4.78 is 5.48. The lowest BCUT2D eigenvalue weighted by molar-refractivity contribution is -0.125. The molecular weight excluding hydrogens is 254 g/mol. The Morgan fingerprint density at radius 1 is 1.40 bits per heavy atom. The van der Waals surface area contributed by atoms with E-state index in [9.17, 15) is 4.79 Å². The number of carbonyl (C=O) groups excluding carboxylic acids is 1. The third-order valence-corrected chi connectivity index (χ3v) is 3.10. The van der Waals surface area contributed by atoms with Gasteiger partial charge in [0.15, 0.2) is 5.82 Å². The van der Waals surface area contributed by atoms with Crippen LogP contribution in [0.5, 0.6) is 0 Å². The van der Waals surface area contributed by atoms with Gasteiger partial charge in [-0.25, -0.2) is 4.98 Å². The fourth-order valence-electron chi connectivity index (χ4n) is 2.14. The largest absolute Gasteiger partial charge is 0.366 e. The van der Waals surface area contributed by atoms with E-state index in [2.05, 4.69) is 15.2 Å². The highest BCUT2D eigenvalue weighted by atomic mass is 16.5. The van der Waals surface area contributed by atoms with Gasteiger partial charge in [-0.1, -0.05) is 0 Å². The van der Waals surface area contributed by atoms with Gasteiger partial charge in [-0.05, 0) is 45.7 Å². The number of anilines is 2. The first-order valence-corrected chi connectivity index (χ1v) is 7.09. The van der Waals surface area contributed by atoms with Crippen molar-refractivity contribution in [2.24, 2.45) is 0 Å². The minimum Gasteiger partial charge on any atom is -0.366 e. The highest BCUT2D eigenvalue weighted by Gasteiger charge is 2.19. The van der Waals surface area contributed by atoms with Gasteiger partial charge in [0.05, 0.1) is 11.3 Å². The Hall–Kier alpha value is -1.62. The molecule has 1 aliphatic heterocycles. The molecule has 0 unspecified atom stereocenters. The topological polar surface area (TPSA) is 54.5 Å². The van der Waals surface area contributed by atoms with Crippen molar-refractivity contribution >= 4 is 17.4 Å². The molecule has 0 bridgehead atoms. The minimum atomic E-state index is -0.315. The van der Waals surface area contributed by atoms with Gasteiger partial charge in [0.1, 0.15) is 6.61 Å². The Bertz CT molecular complexity index is 462. The maximum absolute atomic E-state index is 11.9. The second kappa shape index (κ2) is 6.22. The highest BCUT2D eigenvalue weighted by Crippen LogP contribution is 2.26. The van der Waals surface area contributed by atoms with Crippen LogP contribution in [0.1, 0.15) is 33.6 Å². The van der Waals surface area contributed by atoms with Crippen molar-refractivity contribution in [3.63, 3.8) is 0 Å². The Balaban J connectivity index is 2.00. The third kappa shape index (κ3) is 4.20. The Morgan fingerprint density at radius 3 is 2.75 bits per heavy atom. The summed E-state index contributed by atoms with van der Waals surface area (Å²) in [6.07, 6.45) is 4.11. The fourth-order valence-corrected chi connectivity index (χ4v) is 2.14. The van der Waals surface area contributed by atoms with Crippen LogP contribution in [0.2, 0.25) is 0 Å². The molecule has 110 valence electrons. The molecule has 0 aromatic carbocycles. The van der Waals surface area contributed by atoms with E-state index in [4.69, 9.17) is 4.74 Å². The first kappa shape index (κ1) is 14.8. The summed E-state index contributed by atoms with van der Waals surface area (Å²) in [4.78, 5) is 18.5. The van der Waals surface area contributed by atoms with Crippen LogP contribution in [0.4, 0.5) is 11.5 Å². The Morgan fingerprint density at radius 2 is 2.10 bits per heavy atom. The first-order chi connectivity index (χ1) is 9.46. The van der Waals surface area contributed by atoms with E-state index in [1.807, 2.05) is 32.9 Å². The smallest absolute Gasteiger partial charge is 0.250 e. The molecule has 1 saturated heterocycles. The fraction of sp³-hybridized carbons (Fsp3) is 0.600. The Kier molecular flexibility index (Phi) is 4.60. The lowest BCUT2D eigenvalue weighted by atomic mass is 10.2. The van der Waals surface area contributed by atoms with Crippen molar-refractivity contribution in [3.05, 3.63) is 18.3 Å². The van der Waals surface area contributed by atoms with Gasteiger partial charge >= 0.3 is 0 Å². The molecule has 1 aromatic rings. The van der Waals surface area contributed by atoms with Crippen molar-refractivity contribution in [3.8, 4) is 0 Å². The molecule has 0 radical (unpaired) electrons. The molecule has 1 aliphatic rings. The van der Waals surface area contributed by atoms with Gasteiger partial charge in [0.25, 0.3) is 0 Å². The van der Waals surface area contributed by atoms with E-state index in [1.54, 1.807) is 6.20 Å². The van der Waals surface area contributed by atoms with Gasteiger partial charge in [-0.2, -0.15) is 0 Å². The van der Waals surface area contributed by atoms with Gasteiger partial charge in [0, 0.05) is 19.3 Å². The molecule has 0 spiro atoms. The van der Waals surface area contributed by atoms with Crippen LogP contribution in [0.25, 0.3) is 0 Å². The number of carbonyl (C=O) groups is 1. The van der Waals surface area contributed by atoms with Gasteiger partial charge in [-0.15, -0.1) is 0 Å². The number of hydrogen-bond acceptors (Lipinski definition) is 4. The van der Waals surface area contributed by atoms with E-state index in [1.165, 1.54) is 12.8 Å². The lowest BCUT2D eigenvalue weighted by Crippen LogP contribution is -2.28. The maximum Gasteiger partial charge on any atom is 0.250 e. The molecule has 1 N–H and O–H groups in total. The molecule has 1 amide bonds. The number of nitrogens with zero attached hydrogens (tertiary/aromatic N) is 2. The number of aromatic nitrogens is 1. The van der Waals surface area contributed by atoms with E-state index < -0.39 is 0 Å². The van der Waals surface area contributed by atoms with Crippen molar-refractivity contribution in [1.29, 1.82) is 0 Å². The summed E-state index contributed by atoms with van der Waals surface area (Å²) in [6, 6.07) is 3.72. The summed E-state index contributed by atoms with van der Waals surface area (Å²) in [5, 5.41) is 2.89. The van der Waals surface area contributed by atoms with Crippen LogP contribution in [0.15, 0.2) is 18.3 Å². The van der Waals surface area contributed by atoms with Gasteiger partial charge in [0.2, 0.25) is 5.91 Å². The zero-order valence-electron chi connectivity index (χ0n) is 12.5. The van der Waals surface area contributed by atoms with Crippen LogP contribution < -0.4 is 10.2 Å². The second-order valence-corrected chi connectivity index (χ2v) is 6.02. The van der Waals surface area contributed by atoms with Gasteiger partial charge < -0.3 is 15.0 Å². The SMILES string of the molecule is CC(C)(C)OCC(=O)Nc1cccnc1N1CCCC1. The average molecular weight is 277 g/mol. The van der Waals surface area contributed by atoms with Crippen molar-refractivity contribution < 1.29 is 9.53 Å². The summed E-state index contributed by atoms with van der Waals surface area (Å²) in [6.45, 7) is 7.84. The predicted molar refractivity (Wildman–Crippen MR) is 80.0 cm³/mol. The molecule has 0 atom stereocenters. The number of nitrogens with one attached hydrogen (secondary N) is 1. The molecule has 0 saturated carbocycles. The van der Waals surface area contributed by atoms with Crippen molar-refractivity contribution in [2.45, 2.75) is 39.2 Å². The lowest BCUT2D eigenvalue weighted by Gasteiger charge is -2.21. The molecule has 5 nitrogen and oxygen atoms in total. The van der Waals surface area contributed by atoms with E-state index in [0.717, 1.165) is 24.6 Å². The molecule has 1 aromatic heterocycles. The molecular formula is C15H23N3O2. The van der Waals surface area contributed by atoms with Crippen LogP contribution in [-0.4, -0.2) is 36.2 Å². The van der Waals surface area contributed by atoms with E-state index in [-0.39, 0.29) is 18.1 Å². The van der Waals surface area contributed by atoms with Gasteiger partial charge in [-0.3, -0.25) is 4.79 Å². The monoisotopic (exact) mass is 277 g/mol. The van der Waals surface area contributed by atoms with E-state index >= 15 is 0 Å². The molecule has 5 heteroatoms. The van der Waals surface area contributed by atoms with Crippen molar-refractivity contribution in [2.75, 3.05) is 29.9 Å². The first-order valence-electron chi connectivity index (χ1n) is 7.09. The summed E-state index contributed by atoms with van der Waals surface area (Å²) in [7, 11) is 0. The zero-order chi connectivity index (χ0) is 14.6. The minimum absolute atomic E-state index is 0.0534. The summed E-state index contributed by atoms with van der Waals surface area (Å²) in [5.74, 6) is 0.711. The normalized spacial score (nSPS) is 15.4. The predicted octanol–water partition coefficient (Wildman–Crippen LogP) is 2.44. The molecule has 0 aliphatic carbocycles. The molecule has 2 heterocycles. The van der Waals surface area contributed by atoms with Crippen LogP contribution in [-0.2, 0) is 9.53 Å². The van der Waals surface area contributed by atoms with E-state index in [0.29, 0.717) is 0 Å². The second-order valence-electron chi connectivity index (χ2n) is 6.02. The number of rotatable bonds is 4.